The quantitative estimate of drug-likeness (QED) is 0.193. The number of amides is 1. The van der Waals surface area contributed by atoms with Crippen molar-refractivity contribution in [1.29, 1.82) is 0 Å². The maximum atomic E-state index is 13.0. The number of carbonyl (C=O) groups is 2. The summed E-state index contributed by atoms with van der Waals surface area (Å²) in [4.78, 5) is 35.1. The second-order valence-electron chi connectivity index (χ2n) is 8.27. The first kappa shape index (κ1) is 27.2. The van der Waals surface area contributed by atoms with Crippen molar-refractivity contribution in [3.63, 3.8) is 0 Å². The first-order valence-corrected chi connectivity index (χ1v) is 12.3. The minimum absolute atomic E-state index is 0.350. The smallest absolute Gasteiger partial charge is 0.312 e. The fourth-order valence-corrected chi connectivity index (χ4v) is 3.59. The Morgan fingerprint density at radius 2 is 1.32 bits per heavy atom. The summed E-state index contributed by atoms with van der Waals surface area (Å²) in [6.07, 6.45) is 16.2. The molecule has 0 saturated heterocycles. The molecule has 0 spiro atoms. The van der Waals surface area contributed by atoms with Crippen molar-refractivity contribution in [1.82, 2.24) is 5.23 Å². The number of hydroxylamine groups is 2. The normalized spacial score (nSPS) is 10.8. The Labute approximate surface area is 189 Å². The maximum Gasteiger partial charge on any atom is 0.332 e. The van der Waals surface area contributed by atoms with E-state index in [0.717, 1.165) is 49.3 Å². The van der Waals surface area contributed by atoms with E-state index >= 15 is 0 Å². The van der Waals surface area contributed by atoms with E-state index in [1.807, 2.05) is 18.2 Å². The topological polar surface area (TPSA) is 55.8 Å². The largest absolute Gasteiger partial charge is 0.332 e. The van der Waals surface area contributed by atoms with Crippen LogP contribution in [0.4, 0.5) is 0 Å². The van der Waals surface area contributed by atoms with Gasteiger partial charge >= 0.3 is 11.9 Å². The number of rotatable bonds is 17. The van der Waals surface area contributed by atoms with Crippen molar-refractivity contribution in [2.24, 2.45) is 0 Å². The van der Waals surface area contributed by atoms with Gasteiger partial charge in [-0.15, -0.1) is 0 Å². The van der Waals surface area contributed by atoms with Crippen LogP contribution in [0.2, 0.25) is 0 Å². The number of nitrogens with zero attached hydrogens (tertiary/aromatic N) is 1. The van der Waals surface area contributed by atoms with Crippen molar-refractivity contribution < 1.29 is 19.3 Å². The predicted molar refractivity (Wildman–Crippen MR) is 125 cm³/mol. The molecule has 5 nitrogen and oxygen atoms in total. The van der Waals surface area contributed by atoms with Crippen LogP contribution < -0.4 is 0 Å². The molecule has 0 atom stereocenters. The molecule has 0 fully saturated rings. The third-order valence-electron chi connectivity index (χ3n) is 5.38. The highest BCUT2D eigenvalue weighted by Gasteiger charge is 2.22. The Bertz CT molecular complexity index is 617. The molecule has 1 rings (SSSR count). The maximum absolute atomic E-state index is 13.0. The van der Waals surface area contributed by atoms with Crippen molar-refractivity contribution in [3.05, 3.63) is 35.4 Å². The van der Waals surface area contributed by atoms with Crippen LogP contribution in [0, 0.1) is 0 Å². The fourth-order valence-electron chi connectivity index (χ4n) is 3.59. The average Bonchev–Trinajstić information content (AvgIpc) is 2.76. The second kappa shape index (κ2) is 17.8. The first-order chi connectivity index (χ1) is 15.1. The monoisotopic (exact) mass is 433 g/mol. The minimum Gasteiger partial charge on any atom is -0.312 e. The lowest BCUT2D eigenvalue weighted by atomic mass is 10.00. The van der Waals surface area contributed by atoms with E-state index in [1.54, 1.807) is 6.07 Å². The van der Waals surface area contributed by atoms with Crippen molar-refractivity contribution in [3.8, 4) is 0 Å². The summed E-state index contributed by atoms with van der Waals surface area (Å²) in [6.45, 7) is 6.03. The van der Waals surface area contributed by atoms with Crippen molar-refractivity contribution in [2.75, 3.05) is 6.61 Å². The summed E-state index contributed by atoms with van der Waals surface area (Å²) in [5.74, 6) is -0.987. The molecule has 1 aromatic rings. The van der Waals surface area contributed by atoms with Crippen LogP contribution in [0.25, 0.3) is 0 Å². The van der Waals surface area contributed by atoms with Gasteiger partial charge in [-0.3, -0.25) is 4.79 Å². The summed E-state index contributed by atoms with van der Waals surface area (Å²) >= 11 is 0. The van der Waals surface area contributed by atoms with Gasteiger partial charge in [0.1, 0.15) is 0 Å². The molecule has 176 valence electrons. The van der Waals surface area contributed by atoms with Gasteiger partial charge in [-0.05, 0) is 36.1 Å². The van der Waals surface area contributed by atoms with Gasteiger partial charge in [-0.1, -0.05) is 103 Å². The van der Waals surface area contributed by atoms with Crippen LogP contribution >= 0.6 is 0 Å². The molecule has 0 aromatic heterocycles. The Kier molecular flexibility index (Phi) is 15.6. The van der Waals surface area contributed by atoms with E-state index in [-0.39, 0.29) is 0 Å². The van der Waals surface area contributed by atoms with Crippen molar-refractivity contribution >= 4 is 11.9 Å². The number of aryl methyl sites for hydroxylation is 1. The van der Waals surface area contributed by atoms with E-state index in [2.05, 4.69) is 13.8 Å². The average molecular weight is 434 g/mol. The lowest BCUT2D eigenvalue weighted by molar-refractivity contribution is -0.307. The summed E-state index contributed by atoms with van der Waals surface area (Å²) < 4.78 is 0. The highest BCUT2D eigenvalue weighted by Crippen LogP contribution is 2.17. The van der Waals surface area contributed by atoms with Crippen LogP contribution in [0.5, 0.6) is 0 Å². The van der Waals surface area contributed by atoms with Gasteiger partial charge in [0.25, 0.3) is 0 Å². The molecule has 0 N–H and O–H groups in total. The lowest BCUT2D eigenvalue weighted by Crippen LogP contribution is -2.34. The zero-order chi connectivity index (χ0) is 22.7. The molecular formula is C26H43NO4. The van der Waals surface area contributed by atoms with Crippen LogP contribution in [0.3, 0.4) is 0 Å². The lowest BCUT2D eigenvalue weighted by Gasteiger charge is -2.20. The van der Waals surface area contributed by atoms with E-state index < -0.39 is 11.9 Å². The van der Waals surface area contributed by atoms with Gasteiger partial charge in [-0.2, -0.15) is 0 Å². The highest BCUT2D eigenvalue weighted by molar-refractivity contribution is 5.95. The van der Waals surface area contributed by atoms with E-state index in [1.165, 1.54) is 58.3 Å². The molecule has 1 amide bonds. The molecule has 0 unspecified atom stereocenters. The van der Waals surface area contributed by atoms with Crippen LogP contribution in [0.15, 0.2) is 24.3 Å². The van der Waals surface area contributed by atoms with Crippen molar-refractivity contribution in [2.45, 2.75) is 111 Å². The Balaban J connectivity index is 2.56. The molecular weight excluding hydrogens is 390 g/mol. The van der Waals surface area contributed by atoms with Crippen LogP contribution in [0.1, 0.15) is 120 Å². The first-order valence-electron chi connectivity index (χ1n) is 12.3. The number of hydrogen-bond acceptors (Lipinski definition) is 4. The predicted octanol–water partition coefficient (Wildman–Crippen LogP) is 7.19. The van der Waals surface area contributed by atoms with Gasteiger partial charge in [-0.25, -0.2) is 9.63 Å². The SMILES string of the molecule is CCCCCCCCCCc1ccccc1C(=O)N(OCCCCCCC)OC(C)=O. The third-order valence-corrected chi connectivity index (χ3v) is 5.38. The number of hydrogen-bond donors (Lipinski definition) is 0. The number of unbranched alkanes of at least 4 members (excludes halogenated alkanes) is 11. The summed E-state index contributed by atoms with van der Waals surface area (Å²) in [7, 11) is 0. The molecule has 0 aliphatic heterocycles. The number of carbonyl (C=O) groups excluding carboxylic acids is 2. The Morgan fingerprint density at radius 1 is 0.774 bits per heavy atom. The molecule has 0 heterocycles. The van der Waals surface area contributed by atoms with Gasteiger partial charge in [0.05, 0.1) is 6.61 Å². The molecule has 0 aliphatic rings. The number of benzene rings is 1. The van der Waals surface area contributed by atoms with Crippen LogP contribution in [-0.4, -0.2) is 23.7 Å². The fraction of sp³-hybridized carbons (Fsp3) is 0.692. The molecule has 0 radical (unpaired) electrons. The zero-order valence-electron chi connectivity index (χ0n) is 20.0. The molecule has 31 heavy (non-hydrogen) atoms. The molecule has 1 aromatic carbocycles. The Hall–Kier alpha value is -1.88. The van der Waals surface area contributed by atoms with E-state index in [4.69, 9.17) is 9.68 Å². The zero-order valence-corrected chi connectivity index (χ0v) is 20.0. The standard InChI is InChI=1S/C26H43NO4/c1-4-6-8-10-11-12-13-15-19-24-20-16-17-21-25(24)26(29)27(31-23(3)28)30-22-18-14-9-7-5-2/h16-17,20-21H,4-15,18-19,22H2,1-3H3. The highest BCUT2D eigenvalue weighted by atomic mass is 17.0. The van der Waals surface area contributed by atoms with Gasteiger partial charge in [0.15, 0.2) is 0 Å². The van der Waals surface area contributed by atoms with E-state index in [0.29, 0.717) is 12.2 Å². The van der Waals surface area contributed by atoms with Gasteiger partial charge in [0.2, 0.25) is 0 Å². The molecule has 5 heteroatoms. The summed E-state index contributed by atoms with van der Waals surface area (Å²) in [5, 5.41) is 0.773. The minimum atomic E-state index is -0.570. The van der Waals surface area contributed by atoms with Crippen LogP contribution in [-0.2, 0) is 20.9 Å². The Morgan fingerprint density at radius 3 is 1.94 bits per heavy atom. The van der Waals surface area contributed by atoms with E-state index in [9.17, 15) is 9.59 Å². The summed E-state index contributed by atoms with van der Waals surface area (Å²) in [5.41, 5.74) is 1.51. The molecule has 0 bridgehead atoms. The molecule has 0 saturated carbocycles. The van der Waals surface area contributed by atoms with Gasteiger partial charge in [0, 0.05) is 12.5 Å². The third kappa shape index (κ3) is 12.5. The summed E-state index contributed by atoms with van der Waals surface area (Å²) in [6, 6.07) is 7.54. The second-order valence-corrected chi connectivity index (χ2v) is 8.27. The molecule has 0 aliphatic carbocycles. The van der Waals surface area contributed by atoms with Gasteiger partial charge < -0.3 is 4.84 Å².